The Labute approximate surface area is 140 Å². The molecule has 1 aromatic heterocycles. The molecule has 0 atom stereocenters. The smallest absolute Gasteiger partial charge is 0.335 e. The molecule has 0 saturated carbocycles. The van der Waals surface area contributed by atoms with E-state index < -0.39 is 5.97 Å². The lowest BCUT2D eigenvalue weighted by Gasteiger charge is -2.06. The minimum absolute atomic E-state index is 0.0531. The highest BCUT2D eigenvalue weighted by molar-refractivity contribution is 5.87. The van der Waals surface area contributed by atoms with E-state index in [1.165, 1.54) is 0 Å². The van der Waals surface area contributed by atoms with E-state index in [1.54, 1.807) is 24.3 Å². The Bertz CT molecular complexity index is 683. The van der Waals surface area contributed by atoms with E-state index >= 15 is 0 Å². The minimum Gasteiger partial charge on any atom is -0.478 e. The van der Waals surface area contributed by atoms with Gasteiger partial charge < -0.3 is 14.9 Å². The third kappa shape index (κ3) is 4.44. The predicted molar refractivity (Wildman–Crippen MR) is 88.8 cm³/mol. The number of aromatic carboxylic acids is 1. The van der Waals surface area contributed by atoms with Gasteiger partial charge in [0.1, 0.15) is 5.76 Å². The van der Waals surface area contributed by atoms with Crippen molar-refractivity contribution in [2.24, 2.45) is 0 Å². The van der Waals surface area contributed by atoms with Crippen LogP contribution in [0.5, 0.6) is 0 Å². The number of aromatic nitrogens is 1. The number of carbonyl (C=O) groups is 2. The van der Waals surface area contributed by atoms with Crippen molar-refractivity contribution in [2.45, 2.75) is 46.1 Å². The van der Waals surface area contributed by atoms with Crippen LogP contribution in [0.25, 0.3) is 0 Å². The van der Waals surface area contributed by atoms with E-state index in [1.807, 2.05) is 13.8 Å². The largest absolute Gasteiger partial charge is 0.478 e. The van der Waals surface area contributed by atoms with Crippen LogP contribution in [-0.4, -0.2) is 22.1 Å². The molecule has 0 aliphatic heterocycles. The Morgan fingerprint density at radius 3 is 2.46 bits per heavy atom. The zero-order valence-corrected chi connectivity index (χ0v) is 14.0. The number of aryl methyl sites for hydroxylation is 3. The summed E-state index contributed by atoms with van der Waals surface area (Å²) in [6, 6.07) is 6.57. The molecule has 0 fully saturated rings. The highest BCUT2D eigenvalue weighted by Gasteiger charge is 2.14. The molecule has 6 heteroatoms. The number of carboxylic acids is 1. The van der Waals surface area contributed by atoms with E-state index in [2.05, 4.69) is 10.5 Å². The molecule has 0 bridgehead atoms. The molecule has 24 heavy (non-hydrogen) atoms. The van der Waals surface area contributed by atoms with Gasteiger partial charge in [-0.15, -0.1) is 0 Å². The second-order valence-electron chi connectivity index (χ2n) is 5.52. The van der Waals surface area contributed by atoms with Crippen LogP contribution in [0.3, 0.4) is 0 Å². The average molecular weight is 330 g/mol. The van der Waals surface area contributed by atoms with Gasteiger partial charge in [-0.3, -0.25) is 4.79 Å². The highest BCUT2D eigenvalue weighted by atomic mass is 16.5. The fraction of sp³-hybridized carbons (Fsp3) is 0.389. The maximum Gasteiger partial charge on any atom is 0.335 e. The lowest BCUT2D eigenvalue weighted by molar-refractivity contribution is -0.121. The van der Waals surface area contributed by atoms with Crippen LogP contribution >= 0.6 is 0 Å². The quantitative estimate of drug-likeness (QED) is 0.776. The van der Waals surface area contributed by atoms with Gasteiger partial charge in [0, 0.05) is 24.9 Å². The first-order valence-electron chi connectivity index (χ1n) is 8.10. The average Bonchev–Trinajstić information content (AvgIpc) is 3.00. The Morgan fingerprint density at radius 2 is 1.88 bits per heavy atom. The second kappa shape index (κ2) is 8.29. The molecule has 2 rings (SSSR count). The molecular weight excluding hydrogens is 308 g/mol. The van der Waals surface area contributed by atoms with Crippen molar-refractivity contribution in [3.05, 3.63) is 52.4 Å². The normalized spacial score (nSPS) is 10.6. The van der Waals surface area contributed by atoms with Crippen molar-refractivity contribution in [1.82, 2.24) is 10.5 Å². The fourth-order valence-corrected chi connectivity index (χ4v) is 2.49. The van der Waals surface area contributed by atoms with Crippen molar-refractivity contribution in [1.29, 1.82) is 0 Å². The van der Waals surface area contributed by atoms with Crippen LogP contribution in [0.1, 0.15) is 53.2 Å². The lowest BCUT2D eigenvalue weighted by atomic mass is 10.1. The zero-order chi connectivity index (χ0) is 17.5. The van der Waals surface area contributed by atoms with Crippen LogP contribution in [0, 0.1) is 0 Å². The summed E-state index contributed by atoms with van der Waals surface area (Å²) in [7, 11) is 0. The Hall–Kier alpha value is -2.63. The van der Waals surface area contributed by atoms with Crippen LogP contribution < -0.4 is 5.32 Å². The molecule has 1 amide bonds. The first-order chi connectivity index (χ1) is 11.5. The number of hydrogen-bond donors (Lipinski definition) is 2. The van der Waals surface area contributed by atoms with Gasteiger partial charge in [-0.1, -0.05) is 31.1 Å². The van der Waals surface area contributed by atoms with Gasteiger partial charge in [0.15, 0.2) is 0 Å². The van der Waals surface area contributed by atoms with Crippen molar-refractivity contribution in [3.63, 3.8) is 0 Å². The predicted octanol–water partition coefficient (Wildman–Crippen LogP) is 2.75. The SMILES string of the molecule is CCc1noc(CC)c1CNC(=O)CCc1ccc(C(=O)O)cc1. The summed E-state index contributed by atoms with van der Waals surface area (Å²) in [5.74, 6) is -0.189. The van der Waals surface area contributed by atoms with Gasteiger partial charge in [-0.2, -0.15) is 0 Å². The third-order valence-electron chi connectivity index (χ3n) is 3.91. The van der Waals surface area contributed by atoms with Crippen LogP contribution in [-0.2, 0) is 30.6 Å². The summed E-state index contributed by atoms with van der Waals surface area (Å²) in [5, 5.41) is 15.8. The second-order valence-corrected chi connectivity index (χ2v) is 5.52. The van der Waals surface area contributed by atoms with Crippen LogP contribution in [0.4, 0.5) is 0 Å². The van der Waals surface area contributed by atoms with Crippen molar-refractivity contribution in [2.75, 3.05) is 0 Å². The molecule has 128 valence electrons. The summed E-state index contributed by atoms with van der Waals surface area (Å²) in [5.41, 5.74) is 3.04. The highest BCUT2D eigenvalue weighted by Crippen LogP contribution is 2.15. The zero-order valence-electron chi connectivity index (χ0n) is 14.0. The molecule has 1 aromatic carbocycles. The van der Waals surface area contributed by atoms with Gasteiger partial charge in [0.05, 0.1) is 11.3 Å². The summed E-state index contributed by atoms with van der Waals surface area (Å²) in [4.78, 5) is 22.8. The molecule has 0 radical (unpaired) electrons. The number of carbonyl (C=O) groups excluding carboxylic acids is 1. The summed E-state index contributed by atoms with van der Waals surface area (Å²) in [6.45, 7) is 4.42. The Balaban J connectivity index is 1.85. The van der Waals surface area contributed by atoms with E-state index in [0.717, 1.165) is 35.4 Å². The number of benzene rings is 1. The van der Waals surface area contributed by atoms with Gasteiger partial charge >= 0.3 is 5.97 Å². The molecule has 0 aliphatic carbocycles. The van der Waals surface area contributed by atoms with Gasteiger partial charge in [0.2, 0.25) is 5.91 Å². The van der Waals surface area contributed by atoms with Gasteiger partial charge in [-0.25, -0.2) is 4.79 Å². The monoisotopic (exact) mass is 330 g/mol. The maximum absolute atomic E-state index is 12.0. The molecule has 1 heterocycles. The van der Waals surface area contributed by atoms with Crippen molar-refractivity contribution >= 4 is 11.9 Å². The molecular formula is C18H22N2O4. The summed E-state index contributed by atoms with van der Waals surface area (Å²) in [6.07, 6.45) is 2.43. The first-order valence-corrected chi connectivity index (χ1v) is 8.10. The number of carboxylic acid groups (broad SMARTS) is 1. The molecule has 0 aliphatic rings. The molecule has 0 spiro atoms. The standard InChI is InChI=1S/C18H22N2O4/c1-3-15-14(16(4-2)24-20-15)11-19-17(21)10-7-12-5-8-13(9-6-12)18(22)23/h5-6,8-9H,3-4,7,10-11H2,1-2H3,(H,19,21)(H,22,23). The fourth-order valence-electron chi connectivity index (χ4n) is 2.49. The van der Waals surface area contributed by atoms with Crippen LogP contribution in [0.2, 0.25) is 0 Å². The molecule has 0 unspecified atom stereocenters. The molecule has 6 nitrogen and oxygen atoms in total. The molecule has 2 N–H and O–H groups in total. The van der Waals surface area contributed by atoms with E-state index in [-0.39, 0.29) is 11.5 Å². The van der Waals surface area contributed by atoms with E-state index in [9.17, 15) is 9.59 Å². The minimum atomic E-state index is -0.952. The van der Waals surface area contributed by atoms with Gasteiger partial charge in [0.25, 0.3) is 0 Å². The Kier molecular flexibility index (Phi) is 6.12. The lowest BCUT2D eigenvalue weighted by Crippen LogP contribution is -2.23. The number of nitrogens with zero attached hydrogens (tertiary/aromatic N) is 1. The number of hydrogen-bond acceptors (Lipinski definition) is 4. The van der Waals surface area contributed by atoms with Crippen molar-refractivity contribution < 1.29 is 19.2 Å². The number of amides is 1. The van der Waals surface area contributed by atoms with Crippen molar-refractivity contribution in [3.8, 4) is 0 Å². The molecule has 0 saturated heterocycles. The topological polar surface area (TPSA) is 92.4 Å². The Morgan fingerprint density at radius 1 is 1.17 bits per heavy atom. The van der Waals surface area contributed by atoms with Crippen LogP contribution in [0.15, 0.2) is 28.8 Å². The maximum atomic E-state index is 12.0. The summed E-state index contributed by atoms with van der Waals surface area (Å²) < 4.78 is 5.28. The van der Waals surface area contributed by atoms with Gasteiger partial charge in [-0.05, 0) is 30.5 Å². The number of nitrogens with one attached hydrogen (secondary N) is 1. The van der Waals surface area contributed by atoms with E-state index in [4.69, 9.17) is 9.63 Å². The first kappa shape index (κ1) is 17.7. The van der Waals surface area contributed by atoms with E-state index in [0.29, 0.717) is 19.4 Å². The third-order valence-corrected chi connectivity index (χ3v) is 3.91. The number of rotatable bonds is 8. The molecule has 2 aromatic rings. The summed E-state index contributed by atoms with van der Waals surface area (Å²) >= 11 is 0.